The fraction of sp³-hybridized carbons (Fsp3) is 0.115. The van der Waals surface area contributed by atoms with E-state index in [1.54, 1.807) is 67.6 Å². The lowest BCUT2D eigenvalue weighted by Crippen LogP contribution is -2.14. The van der Waals surface area contributed by atoms with Crippen LogP contribution in [0.25, 0.3) is 17.4 Å². The minimum atomic E-state index is -0.774. The molecule has 1 aliphatic heterocycles. The van der Waals surface area contributed by atoms with Gasteiger partial charge in [0.15, 0.2) is 0 Å². The first-order valence-corrected chi connectivity index (χ1v) is 12.1. The van der Waals surface area contributed by atoms with E-state index in [1.807, 2.05) is 6.92 Å². The molecule has 1 aliphatic rings. The van der Waals surface area contributed by atoms with Gasteiger partial charge in [0.25, 0.3) is 5.91 Å². The maximum Gasteiger partial charge on any atom is 0.344 e. The van der Waals surface area contributed by atoms with Crippen LogP contribution in [0, 0.1) is 6.92 Å². The van der Waals surface area contributed by atoms with Crippen LogP contribution in [0.2, 0.25) is 10.0 Å². The molecular formula is C26H19Cl2NO5S. The molecule has 35 heavy (non-hydrogen) atoms. The van der Waals surface area contributed by atoms with Crippen LogP contribution >= 0.6 is 35.0 Å². The SMILES string of the molecule is CCOC(=O)C1=C(O)/C(=C/c2ccc(-c3ccc(Cl)cc3Cl)o2)SC1=NC(=O)c1ccc(C)cc1. The summed E-state index contributed by atoms with van der Waals surface area (Å²) in [6.07, 6.45) is 1.55. The first-order valence-electron chi connectivity index (χ1n) is 10.5. The maximum absolute atomic E-state index is 12.7. The highest BCUT2D eigenvalue weighted by molar-refractivity contribution is 8.18. The molecule has 3 aromatic rings. The first-order chi connectivity index (χ1) is 16.8. The van der Waals surface area contributed by atoms with E-state index < -0.39 is 11.9 Å². The molecule has 2 heterocycles. The molecule has 2 aromatic carbocycles. The highest BCUT2D eigenvalue weighted by Crippen LogP contribution is 2.40. The first kappa shape index (κ1) is 24.9. The number of aryl methyl sites for hydroxylation is 1. The van der Waals surface area contributed by atoms with E-state index in [0.717, 1.165) is 17.3 Å². The van der Waals surface area contributed by atoms with Crippen LogP contribution in [0.4, 0.5) is 0 Å². The Kier molecular flexibility index (Phi) is 7.50. The van der Waals surface area contributed by atoms with Crippen LogP contribution in [0.15, 0.2) is 80.2 Å². The van der Waals surface area contributed by atoms with Crippen molar-refractivity contribution in [3.8, 4) is 11.3 Å². The third-order valence-electron chi connectivity index (χ3n) is 4.97. The number of amides is 1. The number of ether oxygens (including phenoxy) is 1. The summed E-state index contributed by atoms with van der Waals surface area (Å²) in [5, 5.41) is 11.8. The molecule has 4 rings (SSSR count). The standard InChI is InChI=1S/C26H19Cl2NO5S/c1-3-33-26(32)22-23(30)21(35-25(22)29-24(31)15-6-4-14(2)5-7-15)13-17-9-11-20(34-17)18-10-8-16(27)12-19(18)28/h4-13,30H,3H2,1-2H3/b21-13-,29-25?. The minimum Gasteiger partial charge on any atom is -0.506 e. The normalized spacial score (nSPS) is 15.8. The van der Waals surface area contributed by atoms with Crippen molar-refractivity contribution >= 4 is 58.0 Å². The quantitative estimate of drug-likeness (QED) is 0.351. The third kappa shape index (κ3) is 5.53. The molecule has 0 saturated carbocycles. The van der Waals surface area contributed by atoms with Gasteiger partial charge < -0.3 is 14.3 Å². The topological polar surface area (TPSA) is 89.1 Å². The number of carbonyl (C=O) groups excluding carboxylic acids is 2. The lowest BCUT2D eigenvalue weighted by molar-refractivity contribution is -0.138. The average molecular weight is 528 g/mol. The highest BCUT2D eigenvalue weighted by atomic mass is 35.5. The Morgan fingerprint density at radius 3 is 2.54 bits per heavy atom. The average Bonchev–Trinajstić information content (AvgIpc) is 3.39. The van der Waals surface area contributed by atoms with E-state index in [1.165, 1.54) is 0 Å². The summed E-state index contributed by atoms with van der Waals surface area (Å²) < 4.78 is 10.9. The Bertz CT molecular complexity index is 1400. The predicted octanol–water partition coefficient (Wildman–Crippen LogP) is 7.26. The number of halogens is 2. The second kappa shape index (κ2) is 10.6. The molecule has 0 bridgehead atoms. The van der Waals surface area contributed by atoms with Gasteiger partial charge in [-0.05, 0) is 62.4 Å². The van der Waals surface area contributed by atoms with Gasteiger partial charge >= 0.3 is 5.97 Å². The summed E-state index contributed by atoms with van der Waals surface area (Å²) in [5.41, 5.74) is 1.84. The highest BCUT2D eigenvalue weighted by Gasteiger charge is 2.34. The lowest BCUT2D eigenvalue weighted by Gasteiger charge is -2.03. The molecule has 0 saturated heterocycles. The van der Waals surface area contributed by atoms with Crippen molar-refractivity contribution in [1.29, 1.82) is 0 Å². The van der Waals surface area contributed by atoms with Crippen molar-refractivity contribution in [2.45, 2.75) is 13.8 Å². The van der Waals surface area contributed by atoms with E-state index in [2.05, 4.69) is 4.99 Å². The predicted molar refractivity (Wildman–Crippen MR) is 139 cm³/mol. The van der Waals surface area contributed by atoms with Crippen molar-refractivity contribution in [3.63, 3.8) is 0 Å². The van der Waals surface area contributed by atoms with Gasteiger partial charge in [0.05, 0.1) is 16.5 Å². The van der Waals surface area contributed by atoms with Crippen molar-refractivity contribution in [1.82, 2.24) is 0 Å². The Morgan fingerprint density at radius 1 is 1.11 bits per heavy atom. The molecule has 1 N–H and O–H groups in total. The Labute approximate surface area is 215 Å². The summed E-state index contributed by atoms with van der Waals surface area (Å²) in [7, 11) is 0. The fourth-order valence-corrected chi connectivity index (χ4v) is 4.73. The summed E-state index contributed by atoms with van der Waals surface area (Å²) >= 11 is 13.2. The molecule has 0 fully saturated rings. The van der Waals surface area contributed by atoms with Crippen molar-refractivity contribution in [3.05, 3.63) is 97.8 Å². The van der Waals surface area contributed by atoms with E-state index in [9.17, 15) is 14.7 Å². The number of hydrogen-bond donors (Lipinski definition) is 1. The monoisotopic (exact) mass is 527 g/mol. The summed E-state index contributed by atoms with van der Waals surface area (Å²) in [5.74, 6) is -0.759. The van der Waals surface area contributed by atoms with Crippen molar-refractivity contribution in [2.75, 3.05) is 6.61 Å². The second-order valence-electron chi connectivity index (χ2n) is 7.47. The Morgan fingerprint density at radius 2 is 1.86 bits per heavy atom. The summed E-state index contributed by atoms with van der Waals surface area (Å²) in [6, 6.07) is 15.4. The molecule has 0 aliphatic carbocycles. The number of aliphatic imine (C=N–C) groups is 1. The van der Waals surface area contributed by atoms with Crippen LogP contribution in [-0.4, -0.2) is 28.6 Å². The van der Waals surface area contributed by atoms with Gasteiger partial charge in [-0.15, -0.1) is 0 Å². The molecule has 178 valence electrons. The van der Waals surface area contributed by atoms with Gasteiger partial charge in [-0.3, -0.25) is 4.79 Å². The number of carbonyl (C=O) groups is 2. The molecule has 9 heteroatoms. The number of nitrogens with zero attached hydrogens (tertiary/aromatic N) is 1. The summed E-state index contributed by atoms with van der Waals surface area (Å²) in [4.78, 5) is 29.6. The zero-order chi connectivity index (χ0) is 25.1. The molecular weight excluding hydrogens is 509 g/mol. The lowest BCUT2D eigenvalue weighted by atomic mass is 10.1. The number of aliphatic hydroxyl groups is 1. The van der Waals surface area contributed by atoms with Gasteiger partial charge in [-0.1, -0.05) is 52.7 Å². The number of aliphatic hydroxyl groups excluding tert-OH is 1. The van der Waals surface area contributed by atoms with Crippen molar-refractivity contribution in [2.24, 2.45) is 4.99 Å². The second-order valence-corrected chi connectivity index (χ2v) is 9.34. The number of hydrogen-bond acceptors (Lipinski definition) is 6. The zero-order valence-corrected chi connectivity index (χ0v) is 21.0. The van der Waals surface area contributed by atoms with Crippen LogP contribution in [-0.2, 0) is 9.53 Å². The van der Waals surface area contributed by atoms with Gasteiger partial charge in [-0.2, -0.15) is 0 Å². The Hall–Kier alpha value is -3.26. The maximum atomic E-state index is 12.7. The minimum absolute atomic E-state index is 0.0466. The third-order valence-corrected chi connectivity index (χ3v) is 6.54. The number of esters is 1. The fourth-order valence-electron chi connectivity index (χ4n) is 3.24. The van der Waals surface area contributed by atoms with Crippen LogP contribution in [0.1, 0.15) is 28.6 Å². The number of furan rings is 1. The molecule has 0 atom stereocenters. The van der Waals surface area contributed by atoms with Gasteiger partial charge in [0, 0.05) is 16.1 Å². The van der Waals surface area contributed by atoms with Crippen LogP contribution < -0.4 is 0 Å². The van der Waals surface area contributed by atoms with Crippen molar-refractivity contribution < 1.29 is 23.8 Å². The molecule has 1 aromatic heterocycles. The molecule has 6 nitrogen and oxygen atoms in total. The van der Waals surface area contributed by atoms with E-state index in [4.69, 9.17) is 32.4 Å². The smallest absolute Gasteiger partial charge is 0.344 e. The molecule has 0 radical (unpaired) electrons. The van der Waals surface area contributed by atoms with E-state index in [-0.39, 0.29) is 27.9 Å². The van der Waals surface area contributed by atoms with Gasteiger partial charge in [-0.25, -0.2) is 9.79 Å². The molecule has 1 amide bonds. The number of benzene rings is 2. The molecule has 0 unspecified atom stereocenters. The Balaban J connectivity index is 1.68. The largest absolute Gasteiger partial charge is 0.506 e. The molecule has 0 spiro atoms. The van der Waals surface area contributed by atoms with Gasteiger partial charge in [0.2, 0.25) is 0 Å². The van der Waals surface area contributed by atoms with E-state index in [0.29, 0.717) is 32.7 Å². The number of thioether (sulfide) groups is 1. The zero-order valence-electron chi connectivity index (χ0n) is 18.7. The van der Waals surface area contributed by atoms with E-state index >= 15 is 0 Å². The number of rotatable bonds is 5. The van der Waals surface area contributed by atoms with Gasteiger partial charge in [0.1, 0.15) is 27.9 Å². The van der Waals surface area contributed by atoms with Crippen LogP contribution in [0.5, 0.6) is 0 Å². The van der Waals surface area contributed by atoms with Crippen LogP contribution in [0.3, 0.4) is 0 Å². The summed E-state index contributed by atoms with van der Waals surface area (Å²) in [6.45, 7) is 3.65.